The van der Waals surface area contributed by atoms with Crippen molar-refractivity contribution in [1.82, 2.24) is 34.9 Å². The fraction of sp³-hybridized carbons (Fsp3) is 0.111. The lowest BCUT2D eigenvalue weighted by Gasteiger charge is -2.08. The third-order valence-electron chi connectivity index (χ3n) is 6.20. The number of hydrogen-bond donors (Lipinski definition) is 3. The number of benzene rings is 2. The Morgan fingerprint density at radius 2 is 1.85 bits per heavy atom. The van der Waals surface area contributed by atoms with Gasteiger partial charge in [0.15, 0.2) is 11.5 Å². The van der Waals surface area contributed by atoms with Crippen LogP contribution in [0.4, 0.5) is 4.39 Å². The van der Waals surface area contributed by atoms with Crippen molar-refractivity contribution in [3.63, 3.8) is 0 Å². The van der Waals surface area contributed by atoms with E-state index in [0.717, 1.165) is 22.9 Å². The lowest BCUT2D eigenvalue weighted by molar-refractivity contribution is 0.413. The number of methoxy groups -OCH3 is 1. The molecule has 0 bridgehead atoms. The molecule has 3 N–H and O–H groups in total. The molecule has 4 heterocycles. The van der Waals surface area contributed by atoms with Crippen LogP contribution in [0.5, 0.6) is 5.75 Å². The average molecular weight is 544 g/mol. The number of para-hydroxylation sites is 1. The summed E-state index contributed by atoms with van der Waals surface area (Å²) in [6.07, 6.45) is 4.40. The van der Waals surface area contributed by atoms with Crippen molar-refractivity contribution in [2.75, 3.05) is 13.4 Å². The van der Waals surface area contributed by atoms with E-state index in [1.165, 1.54) is 12.1 Å². The van der Waals surface area contributed by atoms with Crippen LogP contribution in [-0.2, 0) is 16.6 Å². The lowest BCUT2D eigenvalue weighted by atomic mass is 10.0. The minimum atomic E-state index is -3.43. The van der Waals surface area contributed by atoms with Crippen molar-refractivity contribution in [2.45, 2.75) is 6.54 Å². The SMILES string of the molecule is COc1cncc(-c2ccc3[nH]nc(-c4nc5c(-c6cc(F)cc(CNS(C)(=O)=O)c6)cccc5[nH]4)c3n2)c1. The maximum Gasteiger partial charge on any atom is 0.209 e. The van der Waals surface area contributed by atoms with Gasteiger partial charge < -0.3 is 9.72 Å². The number of nitrogens with one attached hydrogen (secondary N) is 3. The molecule has 0 radical (unpaired) electrons. The monoisotopic (exact) mass is 543 g/mol. The molecule has 0 aliphatic heterocycles. The standard InChI is InChI=1S/C27H22FN7O3S/c1-38-19-11-17(13-29-14-19)21-6-7-23-25(31-21)26(35-34-23)27-32-22-5-3-4-20(24(22)33-27)16-8-15(9-18(28)10-16)12-30-39(2,36)37/h3-11,13-14,30H,12H2,1-2H3,(H,32,33)(H,34,35). The fourth-order valence-corrected chi connectivity index (χ4v) is 4.82. The van der Waals surface area contributed by atoms with E-state index in [9.17, 15) is 12.8 Å². The van der Waals surface area contributed by atoms with Crippen molar-refractivity contribution in [2.24, 2.45) is 0 Å². The Kier molecular flexibility index (Phi) is 6.04. The van der Waals surface area contributed by atoms with Gasteiger partial charge in [0.1, 0.15) is 17.1 Å². The number of aromatic nitrogens is 6. The Bertz CT molecular complexity index is 1970. The van der Waals surface area contributed by atoms with Gasteiger partial charge >= 0.3 is 0 Å². The zero-order chi connectivity index (χ0) is 27.1. The van der Waals surface area contributed by atoms with Gasteiger partial charge in [0, 0.05) is 23.9 Å². The van der Waals surface area contributed by atoms with Crippen LogP contribution in [0, 0.1) is 5.82 Å². The van der Waals surface area contributed by atoms with Gasteiger partial charge in [-0.3, -0.25) is 10.1 Å². The molecule has 6 rings (SSSR count). The number of sulfonamides is 1. The smallest absolute Gasteiger partial charge is 0.209 e. The predicted octanol–water partition coefficient (Wildman–Crippen LogP) is 4.43. The summed E-state index contributed by atoms with van der Waals surface area (Å²) in [6, 6.07) is 15.6. The molecule has 4 aromatic heterocycles. The molecular formula is C27H22FN7O3S. The minimum Gasteiger partial charge on any atom is -0.495 e. The maximum absolute atomic E-state index is 14.5. The second-order valence-corrected chi connectivity index (χ2v) is 10.8. The molecule has 196 valence electrons. The van der Waals surface area contributed by atoms with E-state index < -0.39 is 15.8 Å². The van der Waals surface area contributed by atoms with Crippen LogP contribution in [-0.4, -0.2) is 51.9 Å². The van der Waals surface area contributed by atoms with Gasteiger partial charge in [-0.05, 0) is 53.6 Å². The Hall–Kier alpha value is -4.68. The second-order valence-electron chi connectivity index (χ2n) is 9.01. The van der Waals surface area contributed by atoms with E-state index in [-0.39, 0.29) is 6.54 Å². The molecule has 0 aliphatic rings. The number of halogens is 1. The Balaban J connectivity index is 1.42. The zero-order valence-electron chi connectivity index (χ0n) is 20.9. The van der Waals surface area contributed by atoms with E-state index in [4.69, 9.17) is 14.7 Å². The average Bonchev–Trinajstić information content (AvgIpc) is 3.55. The summed E-state index contributed by atoms with van der Waals surface area (Å²) < 4.78 is 45.2. The highest BCUT2D eigenvalue weighted by Gasteiger charge is 2.18. The number of ether oxygens (including phenoxy) is 1. The number of imidazole rings is 1. The zero-order valence-corrected chi connectivity index (χ0v) is 21.7. The van der Waals surface area contributed by atoms with E-state index >= 15 is 0 Å². The topological polar surface area (TPSA) is 139 Å². The van der Waals surface area contributed by atoms with Crippen molar-refractivity contribution >= 4 is 32.1 Å². The minimum absolute atomic E-state index is 0.0263. The van der Waals surface area contributed by atoms with Gasteiger partial charge in [0.05, 0.1) is 41.8 Å². The first-order chi connectivity index (χ1) is 18.8. The second kappa shape index (κ2) is 9.57. The van der Waals surface area contributed by atoms with Gasteiger partial charge in [-0.15, -0.1) is 0 Å². The van der Waals surface area contributed by atoms with Gasteiger partial charge in [0.25, 0.3) is 0 Å². The third-order valence-corrected chi connectivity index (χ3v) is 6.87. The summed E-state index contributed by atoms with van der Waals surface area (Å²) in [5, 5.41) is 7.46. The van der Waals surface area contributed by atoms with Crippen LogP contribution in [0.1, 0.15) is 5.56 Å². The molecule has 0 unspecified atom stereocenters. The summed E-state index contributed by atoms with van der Waals surface area (Å²) in [7, 11) is -1.84. The quantitative estimate of drug-likeness (QED) is 0.271. The maximum atomic E-state index is 14.5. The van der Waals surface area contributed by atoms with Crippen molar-refractivity contribution < 1.29 is 17.5 Å². The van der Waals surface area contributed by atoms with E-state index in [1.54, 1.807) is 25.6 Å². The van der Waals surface area contributed by atoms with Crippen LogP contribution in [0.2, 0.25) is 0 Å². The molecule has 0 saturated carbocycles. The predicted molar refractivity (Wildman–Crippen MR) is 146 cm³/mol. The summed E-state index contributed by atoms with van der Waals surface area (Å²) in [5.41, 5.74) is 6.47. The molecule has 0 fully saturated rings. The van der Waals surface area contributed by atoms with Crippen molar-refractivity contribution in [1.29, 1.82) is 0 Å². The van der Waals surface area contributed by atoms with Crippen molar-refractivity contribution in [3.8, 4) is 39.7 Å². The van der Waals surface area contributed by atoms with Crippen LogP contribution < -0.4 is 9.46 Å². The molecule has 0 spiro atoms. The first-order valence-corrected chi connectivity index (χ1v) is 13.7. The normalized spacial score (nSPS) is 11.9. The van der Waals surface area contributed by atoms with Crippen LogP contribution in [0.25, 0.3) is 56.0 Å². The van der Waals surface area contributed by atoms with Gasteiger partial charge in [-0.2, -0.15) is 5.10 Å². The summed E-state index contributed by atoms with van der Waals surface area (Å²) in [6.45, 7) is -0.0263. The molecule has 0 saturated heterocycles. The highest BCUT2D eigenvalue weighted by atomic mass is 32.2. The number of pyridine rings is 2. The van der Waals surface area contributed by atoms with E-state index in [0.29, 0.717) is 50.7 Å². The largest absolute Gasteiger partial charge is 0.495 e. The molecule has 0 aliphatic carbocycles. The van der Waals surface area contributed by atoms with Gasteiger partial charge in [-0.1, -0.05) is 12.1 Å². The molecule has 6 aromatic rings. The number of hydrogen-bond acceptors (Lipinski definition) is 7. The molecular weight excluding hydrogens is 521 g/mol. The van der Waals surface area contributed by atoms with Crippen molar-refractivity contribution in [3.05, 3.63) is 78.4 Å². The van der Waals surface area contributed by atoms with Gasteiger partial charge in [0.2, 0.25) is 10.0 Å². The Morgan fingerprint density at radius 3 is 2.67 bits per heavy atom. The molecule has 10 nitrogen and oxygen atoms in total. The third kappa shape index (κ3) is 4.94. The van der Waals surface area contributed by atoms with E-state index in [2.05, 4.69) is 24.9 Å². The van der Waals surface area contributed by atoms with Gasteiger partial charge in [-0.25, -0.2) is 27.5 Å². The number of rotatable bonds is 7. The lowest BCUT2D eigenvalue weighted by Crippen LogP contribution is -2.21. The summed E-state index contributed by atoms with van der Waals surface area (Å²) >= 11 is 0. The van der Waals surface area contributed by atoms with Crippen LogP contribution in [0.15, 0.2) is 67.0 Å². The molecule has 0 amide bonds. The first-order valence-electron chi connectivity index (χ1n) is 11.9. The summed E-state index contributed by atoms with van der Waals surface area (Å²) in [4.78, 5) is 17.1. The highest BCUT2D eigenvalue weighted by molar-refractivity contribution is 7.88. The Morgan fingerprint density at radius 1 is 0.974 bits per heavy atom. The van der Waals surface area contributed by atoms with Crippen LogP contribution in [0.3, 0.4) is 0 Å². The molecule has 0 atom stereocenters. The molecule has 2 aromatic carbocycles. The molecule has 39 heavy (non-hydrogen) atoms. The Labute approximate surface area is 222 Å². The van der Waals surface area contributed by atoms with Crippen LogP contribution >= 0.6 is 0 Å². The number of fused-ring (bicyclic) bond motifs is 2. The number of nitrogens with zero attached hydrogens (tertiary/aromatic N) is 4. The fourth-order valence-electron chi connectivity index (χ4n) is 4.40. The van der Waals surface area contributed by atoms with E-state index in [1.807, 2.05) is 36.4 Å². The number of H-pyrrole nitrogens is 2. The number of aromatic amines is 2. The summed E-state index contributed by atoms with van der Waals surface area (Å²) in [5.74, 6) is 0.638. The first kappa shape index (κ1) is 24.6. The molecule has 12 heteroatoms. The highest BCUT2D eigenvalue weighted by Crippen LogP contribution is 2.33.